The van der Waals surface area contributed by atoms with Crippen LogP contribution in [-0.2, 0) is 30.2 Å². The summed E-state index contributed by atoms with van der Waals surface area (Å²) in [5.74, 6) is -2.27. The molecule has 2 fully saturated rings. The van der Waals surface area contributed by atoms with Gasteiger partial charge in [0.1, 0.15) is 41.3 Å². The van der Waals surface area contributed by atoms with Crippen LogP contribution in [-0.4, -0.2) is 116 Å². The molecule has 1 aliphatic carbocycles. The van der Waals surface area contributed by atoms with Gasteiger partial charge < -0.3 is 69.3 Å². The molecule has 2 aliphatic heterocycles. The lowest BCUT2D eigenvalue weighted by molar-refractivity contribution is -0.324. The van der Waals surface area contributed by atoms with Crippen molar-refractivity contribution in [3.05, 3.63) is 83.4 Å². The van der Waals surface area contributed by atoms with Crippen LogP contribution >= 0.6 is 0 Å². The van der Waals surface area contributed by atoms with Gasteiger partial charge in [-0.15, -0.1) is 0 Å². The topological polar surface area (TPSA) is 224 Å². The molecule has 3 aromatic rings. The van der Waals surface area contributed by atoms with Crippen molar-refractivity contribution in [3.8, 4) is 23.0 Å². The molecule has 0 spiro atoms. The van der Waals surface area contributed by atoms with Gasteiger partial charge in [0.2, 0.25) is 12.2 Å². The number of fused-ring (bicyclic) bond motifs is 3. The summed E-state index contributed by atoms with van der Waals surface area (Å²) in [6.07, 6.45) is -7.50. The Labute approximate surface area is 298 Å². The zero-order chi connectivity index (χ0) is 37.2. The first kappa shape index (κ1) is 37.1. The van der Waals surface area contributed by atoms with Crippen LogP contribution in [0.3, 0.4) is 0 Å². The maximum Gasteiger partial charge on any atom is 0.404 e. The van der Waals surface area contributed by atoms with E-state index in [0.29, 0.717) is 16.9 Å². The maximum atomic E-state index is 14.1. The molecule has 1 saturated carbocycles. The molecule has 0 radical (unpaired) electrons. The van der Waals surface area contributed by atoms with Gasteiger partial charge in [-0.1, -0.05) is 42.5 Å². The predicted octanol–water partition coefficient (Wildman–Crippen LogP) is 0.784. The van der Waals surface area contributed by atoms with Gasteiger partial charge in [0.05, 0.1) is 38.9 Å². The summed E-state index contributed by atoms with van der Waals surface area (Å²) >= 11 is 0. The molecule has 3 aliphatic rings. The summed E-state index contributed by atoms with van der Waals surface area (Å²) in [5, 5.41) is 59.1. The average molecular weight is 727 g/mol. The number of hydrogen-bond donors (Lipinski definition) is 7. The van der Waals surface area contributed by atoms with Crippen LogP contribution in [0.5, 0.6) is 23.0 Å². The minimum absolute atomic E-state index is 0.0422. The van der Waals surface area contributed by atoms with Crippen molar-refractivity contribution in [2.45, 2.75) is 48.0 Å². The third-order valence-electron chi connectivity index (χ3n) is 9.78. The van der Waals surface area contributed by atoms with Gasteiger partial charge in [-0.2, -0.15) is 0 Å². The molecule has 16 nitrogen and oxygen atoms in total. The highest BCUT2D eigenvalue weighted by atomic mass is 16.8. The Morgan fingerprint density at radius 3 is 2.31 bits per heavy atom. The second-order valence-electron chi connectivity index (χ2n) is 12.6. The molecule has 2 amide bonds. The smallest absolute Gasteiger partial charge is 0.404 e. The van der Waals surface area contributed by atoms with E-state index in [1.165, 1.54) is 33.5 Å². The fourth-order valence-corrected chi connectivity index (χ4v) is 7.48. The summed E-state index contributed by atoms with van der Waals surface area (Å²) in [7, 11) is 4.25. The number of aliphatic hydroxyl groups is 4. The van der Waals surface area contributed by atoms with Crippen molar-refractivity contribution in [1.82, 2.24) is 10.6 Å². The number of ether oxygens (including phenoxy) is 7. The molecule has 9 atom stereocenters. The lowest BCUT2D eigenvalue weighted by Gasteiger charge is -2.40. The number of hydrogen-bond acceptors (Lipinski definition) is 13. The Balaban J connectivity index is 1.49. The van der Waals surface area contributed by atoms with E-state index in [-0.39, 0.29) is 42.5 Å². The number of methoxy groups -OCH3 is 3. The zero-order valence-electron chi connectivity index (χ0n) is 28.6. The monoisotopic (exact) mass is 726 g/mol. The molecular weight excluding hydrogens is 684 g/mol. The van der Waals surface area contributed by atoms with Crippen LogP contribution in [0.2, 0.25) is 0 Å². The molecule has 2 heterocycles. The lowest BCUT2D eigenvalue weighted by atomic mass is 9.70. The van der Waals surface area contributed by atoms with E-state index in [0.717, 1.165) is 0 Å². The standard InChI is InChI=1S/C36H42N2O14/c1-46-21-11-9-20(10-12-21)36-28(19-7-5-4-6-8-19)27(31(42)37-13-14-38-34(43)44)30(41)35(36,45)29-24(47-2)15-22(16-25(29)52-36)50-33-32(48-3)49-18-26(51-33)23(40)17-39/h4-12,15-16,23,26-28,30,32-33,38-41,45H,13-14,17-18H2,1-3H3,(H,37,42)(H,43,44)/t23-,26-,27-,28-,30-,32-,33+,35+,36+/m1/s1. The predicted molar refractivity (Wildman–Crippen MR) is 179 cm³/mol. The molecule has 0 bridgehead atoms. The van der Waals surface area contributed by atoms with Crippen LogP contribution in [0, 0.1) is 5.92 Å². The van der Waals surface area contributed by atoms with Gasteiger partial charge in [-0.05, 0) is 23.3 Å². The Morgan fingerprint density at radius 1 is 0.962 bits per heavy atom. The quantitative estimate of drug-likeness (QED) is 0.121. The van der Waals surface area contributed by atoms with Crippen molar-refractivity contribution < 1.29 is 68.3 Å². The fraction of sp³-hybridized carbons (Fsp3) is 0.444. The SMILES string of the molecule is COc1ccc([C@@]23Oc4cc(O[C@H]5O[C@@H]([C@H](O)CO)CO[C@H]5OC)cc(OC)c4[C@]2(O)[C@H](O)[C@H](C(=O)NCCNC(=O)O)[C@H]3c2ccccc2)cc1. The van der Waals surface area contributed by atoms with Gasteiger partial charge in [-0.25, -0.2) is 4.79 Å². The average Bonchev–Trinajstić information content (AvgIpc) is 3.54. The molecule has 7 N–H and O–H groups in total. The Bertz CT molecular complexity index is 1730. The van der Waals surface area contributed by atoms with Gasteiger partial charge in [0.15, 0.2) is 11.2 Å². The Hall–Kier alpha value is -4.68. The molecular formula is C36H42N2O14. The van der Waals surface area contributed by atoms with Gasteiger partial charge in [0, 0.05) is 38.2 Å². The van der Waals surface area contributed by atoms with E-state index >= 15 is 0 Å². The first-order valence-corrected chi connectivity index (χ1v) is 16.5. The van der Waals surface area contributed by atoms with E-state index in [9.17, 15) is 30.0 Å². The van der Waals surface area contributed by atoms with Crippen LogP contribution < -0.4 is 29.6 Å². The normalized spacial score (nSPS) is 29.6. The highest BCUT2D eigenvalue weighted by Crippen LogP contribution is 2.70. The van der Waals surface area contributed by atoms with Crippen molar-refractivity contribution in [3.63, 3.8) is 0 Å². The minimum atomic E-state index is -2.33. The van der Waals surface area contributed by atoms with Crippen molar-refractivity contribution in [2.75, 3.05) is 47.6 Å². The largest absolute Gasteiger partial charge is 0.497 e. The molecule has 16 heteroatoms. The van der Waals surface area contributed by atoms with Crippen LogP contribution in [0.4, 0.5) is 4.79 Å². The number of carbonyl (C=O) groups excluding carboxylic acids is 1. The number of amides is 2. The summed E-state index contributed by atoms with van der Waals surface area (Å²) < 4.78 is 41.2. The highest BCUT2D eigenvalue weighted by molar-refractivity contribution is 5.83. The number of benzene rings is 3. The maximum absolute atomic E-state index is 14.1. The number of carbonyl (C=O) groups is 2. The Kier molecular flexibility index (Phi) is 10.8. The van der Waals surface area contributed by atoms with E-state index in [1.807, 2.05) is 0 Å². The van der Waals surface area contributed by atoms with Crippen molar-refractivity contribution >= 4 is 12.0 Å². The fourth-order valence-electron chi connectivity index (χ4n) is 7.48. The van der Waals surface area contributed by atoms with Crippen LogP contribution in [0.25, 0.3) is 0 Å². The first-order chi connectivity index (χ1) is 25.0. The minimum Gasteiger partial charge on any atom is -0.497 e. The number of nitrogens with one attached hydrogen (secondary N) is 2. The molecule has 6 rings (SSSR count). The molecule has 1 saturated heterocycles. The van der Waals surface area contributed by atoms with E-state index in [1.54, 1.807) is 54.6 Å². The molecule has 0 aromatic heterocycles. The van der Waals surface area contributed by atoms with E-state index in [2.05, 4.69) is 10.6 Å². The molecule has 52 heavy (non-hydrogen) atoms. The first-order valence-electron chi connectivity index (χ1n) is 16.5. The Morgan fingerprint density at radius 2 is 1.67 bits per heavy atom. The van der Waals surface area contributed by atoms with E-state index < -0.39 is 72.5 Å². The van der Waals surface area contributed by atoms with Gasteiger partial charge in [0.25, 0.3) is 6.29 Å². The molecule has 3 aromatic carbocycles. The van der Waals surface area contributed by atoms with Crippen molar-refractivity contribution in [1.29, 1.82) is 0 Å². The highest BCUT2D eigenvalue weighted by Gasteiger charge is 2.78. The summed E-state index contributed by atoms with van der Waals surface area (Å²) in [6.45, 7) is -0.828. The molecule has 280 valence electrons. The lowest BCUT2D eigenvalue weighted by Crippen LogP contribution is -2.52. The van der Waals surface area contributed by atoms with Gasteiger partial charge >= 0.3 is 6.09 Å². The third kappa shape index (κ3) is 6.25. The van der Waals surface area contributed by atoms with E-state index in [4.69, 9.17) is 38.3 Å². The molecule has 0 unspecified atom stereocenters. The second-order valence-corrected chi connectivity index (χ2v) is 12.6. The van der Waals surface area contributed by atoms with Crippen LogP contribution in [0.15, 0.2) is 66.7 Å². The van der Waals surface area contributed by atoms with Crippen molar-refractivity contribution in [2.24, 2.45) is 5.92 Å². The zero-order valence-corrected chi connectivity index (χ0v) is 28.6. The van der Waals surface area contributed by atoms with Crippen LogP contribution in [0.1, 0.15) is 22.6 Å². The number of aliphatic hydroxyl groups excluding tert-OH is 3. The van der Waals surface area contributed by atoms with Gasteiger partial charge in [-0.3, -0.25) is 4.79 Å². The second kappa shape index (κ2) is 15.1. The third-order valence-corrected chi connectivity index (χ3v) is 9.78. The summed E-state index contributed by atoms with van der Waals surface area (Å²) in [6, 6.07) is 18.5. The summed E-state index contributed by atoms with van der Waals surface area (Å²) in [4.78, 5) is 25.1. The number of carboxylic acid groups (broad SMARTS) is 1. The number of rotatable bonds is 13. The summed E-state index contributed by atoms with van der Waals surface area (Å²) in [5.41, 5.74) is -3.20.